The van der Waals surface area contributed by atoms with Crippen LogP contribution in [-0.2, 0) is 4.74 Å². The zero-order valence-electron chi connectivity index (χ0n) is 15.7. The molecule has 0 unspecified atom stereocenters. The maximum atomic E-state index is 12.6. The molecule has 0 aliphatic rings. The summed E-state index contributed by atoms with van der Waals surface area (Å²) in [6.45, 7) is 0. The number of carboxylic acid groups (broad SMARTS) is 1. The first-order valence-corrected chi connectivity index (χ1v) is 9.49. The number of ether oxygens (including phenoxy) is 3. The SMILES string of the molecule is COC(=O)c1c(C(=O)O)cc2ccc(Cl)cc2c1-c1cc(Br)c(OC)c(OC)c1. The molecule has 0 amide bonds. The summed E-state index contributed by atoms with van der Waals surface area (Å²) in [6.07, 6.45) is 0. The van der Waals surface area contributed by atoms with E-state index in [1.807, 2.05) is 0 Å². The van der Waals surface area contributed by atoms with Gasteiger partial charge in [-0.3, -0.25) is 0 Å². The number of fused-ring (bicyclic) bond motifs is 1. The number of rotatable bonds is 5. The molecule has 29 heavy (non-hydrogen) atoms. The van der Waals surface area contributed by atoms with Crippen molar-refractivity contribution in [2.75, 3.05) is 21.3 Å². The molecular weight excluding hydrogens is 464 g/mol. The second-order valence-electron chi connectivity index (χ2n) is 6.03. The first kappa shape index (κ1) is 21.0. The van der Waals surface area contributed by atoms with Crippen LogP contribution in [-0.4, -0.2) is 38.4 Å². The molecule has 1 N–H and O–H groups in total. The third kappa shape index (κ3) is 3.75. The Morgan fingerprint density at radius 1 is 1.03 bits per heavy atom. The fourth-order valence-electron chi connectivity index (χ4n) is 3.21. The molecule has 3 aromatic carbocycles. The second-order valence-corrected chi connectivity index (χ2v) is 7.32. The van der Waals surface area contributed by atoms with Crippen LogP contribution >= 0.6 is 27.5 Å². The molecule has 0 aliphatic carbocycles. The Morgan fingerprint density at radius 2 is 1.76 bits per heavy atom. The molecule has 0 heterocycles. The lowest BCUT2D eigenvalue weighted by atomic mass is 9.89. The standard InChI is InChI=1S/C21H16BrClO6/c1-27-16-8-11(7-15(22)19(16)28-2)17-13-9-12(23)5-4-10(13)6-14(20(24)25)18(17)21(26)29-3/h4-9H,1-3H3,(H,24,25). The molecule has 0 bridgehead atoms. The number of esters is 1. The van der Waals surface area contributed by atoms with Gasteiger partial charge in [-0.2, -0.15) is 0 Å². The van der Waals surface area contributed by atoms with Gasteiger partial charge in [0.25, 0.3) is 0 Å². The van der Waals surface area contributed by atoms with Gasteiger partial charge in [0.2, 0.25) is 0 Å². The van der Waals surface area contributed by atoms with E-state index in [0.717, 1.165) is 0 Å². The molecule has 0 fully saturated rings. The predicted molar refractivity (Wildman–Crippen MR) is 113 cm³/mol. The molecule has 150 valence electrons. The van der Waals surface area contributed by atoms with Crippen molar-refractivity contribution >= 4 is 50.2 Å². The highest BCUT2D eigenvalue weighted by Gasteiger charge is 2.26. The Hall–Kier alpha value is -2.77. The van der Waals surface area contributed by atoms with E-state index >= 15 is 0 Å². The van der Waals surface area contributed by atoms with Crippen LogP contribution in [0.15, 0.2) is 40.9 Å². The normalized spacial score (nSPS) is 10.7. The van der Waals surface area contributed by atoms with Gasteiger partial charge in [0.15, 0.2) is 11.5 Å². The van der Waals surface area contributed by atoms with Crippen LogP contribution in [0.5, 0.6) is 11.5 Å². The summed E-state index contributed by atoms with van der Waals surface area (Å²) in [7, 11) is 4.19. The van der Waals surface area contributed by atoms with Gasteiger partial charge in [-0.25, -0.2) is 9.59 Å². The number of methoxy groups -OCH3 is 3. The fraction of sp³-hybridized carbons (Fsp3) is 0.143. The summed E-state index contributed by atoms with van der Waals surface area (Å²) >= 11 is 9.63. The van der Waals surface area contributed by atoms with Gasteiger partial charge in [0, 0.05) is 10.6 Å². The third-order valence-electron chi connectivity index (χ3n) is 4.45. The fourth-order valence-corrected chi connectivity index (χ4v) is 3.99. The van der Waals surface area contributed by atoms with E-state index in [4.69, 9.17) is 25.8 Å². The lowest BCUT2D eigenvalue weighted by molar-refractivity contribution is 0.0584. The maximum Gasteiger partial charge on any atom is 0.339 e. The van der Waals surface area contributed by atoms with E-state index in [0.29, 0.717) is 42.9 Å². The molecule has 0 spiro atoms. The van der Waals surface area contributed by atoms with Crippen molar-refractivity contribution in [3.05, 3.63) is 57.0 Å². The van der Waals surface area contributed by atoms with Crippen LogP contribution in [0.4, 0.5) is 0 Å². The van der Waals surface area contributed by atoms with Crippen LogP contribution in [0.1, 0.15) is 20.7 Å². The number of hydrogen-bond donors (Lipinski definition) is 1. The Morgan fingerprint density at radius 3 is 2.34 bits per heavy atom. The summed E-state index contributed by atoms with van der Waals surface area (Å²) in [5.74, 6) is -1.15. The number of carbonyl (C=O) groups excluding carboxylic acids is 1. The van der Waals surface area contributed by atoms with E-state index in [9.17, 15) is 14.7 Å². The minimum Gasteiger partial charge on any atom is -0.493 e. The highest BCUT2D eigenvalue weighted by atomic mass is 79.9. The predicted octanol–water partition coefficient (Wildman–Crippen LogP) is 5.42. The smallest absolute Gasteiger partial charge is 0.339 e. The molecule has 3 aromatic rings. The van der Waals surface area contributed by atoms with E-state index in [-0.39, 0.29) is 11.1 Å². The molecule has 0 radical (unpaired) electrons. The molecule has 3 rings (SSSR count). The van der Waals surface area contributed by atoms with Gasteiger partial charge in [0.1, 0.15) is 0 Å². The Labute approximate surface area is 180 Å². The molecular formula is C21H16BrClO6. The van der Waals surface area contributed by atoms with Gasteiger partial charge in [0.05, 0.1) is 36.9 Å². The Kier molecular flexibility index (Phi) is 6.00. The van der Waals surface area contributed by atoms with Crippen molar-refractivity contribution < 1.29 is 28.9 Å². The molecule has 0 saturated heterocycles. The lowest BCUT2D eigenvalue weighted by Gasteiger charge is -2.18. The monoisotopic (exact) mass is 478 g/mol. The van der Waals surface area contributed by atoms with Gasteiger partial charge in [-0.05, 0) is 62.6 Å². The number of halogens is 2. The summed E-state index contributed by atoms with van der Waals surface area (Å²) in [4.78, 5) is 24.6. The van der Waals surface area contributed by atoms with Crippen LogP contribution in [0.25, 0.3) is 21.9 Å². The summed E-state index contributed by atoms with van der Waals surface area (Å²) in [5, 5.41) is 11.4. The second kappa shape index (κ2) is 8.31. The molecule has 6 nitrogen and oxygen atoms in total. The zero-order chi connectivity index (χ0) is 21.3. The first-order valence-electron chi connectivity index (χ1n) is 8.32. The number of aromatic carboxylic acids is 1. The summed E-state index contributed by atoms with van der Waals surface area (Å²) < 4.78 is 16.2. The van der Waals surface area contributed by atoms with Gasteiger partial charge in [-0.1, -0.05) is 17.7 Å². The van der Waals surface area contributed by atoms with Crippen LogP contribution in [0.3, 0.4) is 0 Å². The molecule has 0 aliphatic heterocycles. The average molecular weight is 480 g/mol. The highest BCUT2D eigenvalue weighted by Crippen LogP contribution is 2.43. The zero-order valence-corrected chi connectivity index (χ0v) is 18.1. The van der Waals surface area contributed by atoms with Crippen molar-refractivity contribution in [2.24, 2.45) is 0 Å². The quantitative estimate of drug-likeness (QED) is 0.492. The summed E-state index contributed by atoms with van der Waals surface area (Å²) in [5.41, 5.74) is 0.655. The van der Waals surface area contributed by atoms with Crippen molar-refractivity contribution in [1.82, 2.24) is 0 Å². The van der Waals surface area contributed by atoms with Gasteiger partial charge in [-0.15, -0.1) is 0 Å². The summed E-state index contributed by atoms with van der Waals surface area (Å²) in [6, 6.07) is 9.84. The highest BCUT2D eigenvalue weighted by molar-refractivity contribution is 9.10. The van der Waals surface area contributed by atoms with E-state index in [1.165, 1.54) is 27.4 Å². The number of carbonyl (C=O) groups is 2. The van der Waals surface area contributed by atoms with Crippen molar-refractivity contribution in [3.8, 4) is 22.6 Å². The molecule has 0 saturated carbocycles. The first-order chi connectivity index (χ1) is 13.8. The van der Waals surface area contributed by atoms with Crippen molar-refractivity contribution in [1.29, 1.82) is 0 Å². The van der Waals surface area contributed by atoms with E-state index in [1.54, 1.807) is 30.3 Å². The van der Waals surface area contributed by atoms with Gasteiger partial charge < -0.3 is 19.3 Å². The average Bonchev–Trinajstić information content (AvgIpc) is 2.70. The largest absolute Gasteiger partial charge is 0.493 e. The number of benzene rings is 3. The Bertz CT molecular complexity index is 1140. The van der Waals surface area contributed by atoms with Crippen molar-refractivity contribution in [3.63, 3.8) is 0 Å². The third-order valence-corrected chi connectivity index (χ3v) is 5.27. The molecule has 0 aromatic heterocycles. The Balaban J connectivity index is 2.54. The van der Waals surface area contributed by atoms with E-state index < -0.39 is 11.9 Å². The lowest BCUT2D eigenvalue weighted by Crippen LogP contribution is -2.12. The minimum atomic E-state index is -1.25. The molecule has 8 heteroatoms. The van der Waals surface area contributed by atoms with Crippen LogP contribution in [0.2, 0.25) is 5.02 Å². The van der Waals surface area contributed by atoms with Crippen molar-refractivity contribution in [2.45, 2.75) is 0 Å². The molecule has 0 atom stereocenters. The number of hydrogen-bond acceptors (Lipinski definition) is 5. The minimum absolute atomic E-state index is 0.0751. The van der Waals surface area contributed by atoms with Gasteiger partial charge >= 0.3 is 11.9 Å². The van der Waals surface area contributed by atoms with Crippen LogP contribution < -0.4 is 9.47 Å². The maximum absolute atomic E-state index is 12.6. The number of carboxylic acids is 1. The topological polar surface area (TPSA) is 82.1 Å². The van der Waals surface area contributed by atoms with Crippen LogP contribution in [0, 0.1) is 0 Å². The van der Waals surface area contributed by atoms with E-state index in [2.05, 4.69) is 15.9 Å².